The topological polar surface area (TPSA) is 59.5 Å². The molecule has 0 radical (unpaired) electrons. The molecule has 2 heterocycles. The molecule has 1 aliphatic heterocycles. The molecular weight excluding hydrogens is 420 g/mol. The van der Waals surface area contributed by atoms with Gasteiger partial charge in [-0.05, 0) is 52.3 Å². The van der Waals surface area contributed by atoms with Gasteiger partial charge in [-0.15, -0.1) is 0 Å². The average molecular weight is 438 g/mol. The Balaban J connectivity index is 1.48. The van der Waals surface area contributed by atoms with E-state index in [-0.39, 0.29) is 30.6 Å². The average Bonchev–Trinajstić information content (AvgIpc) is 3.10. The van der Waals surface area contributed by atoms with Gasteiger partial charge in [-0.25, -0.2) is 4.98 Å². The lowest BCUT2D eigenvalue weighted by molar-refractivity contribution is -0.130. The zero-order valence-corrected chi connectivity index (χ0v) is 16.4. The molecule has 0 saturated carbocycles. The van der Waals surface area contributed by atoms with Gasteiger partial charge in [0, 0.05) is 42.6 Å². The third-order valence-electron chi connectivity index (χ3n) is 4.23. The molecule has 26 heavy (non-hydrogen) atoms. The fourth-order valence-electron chi connectivity index (χ4n) is 2.83. The van der Waals surface area contributed by atoms with E-state index >= 15 is 0 Å². The van der Waals surface area contributed by atoms with Crippen LogP contribution in [0, 0.1) is 0 Å². The predicted molar refractivity (Wildman–Crippen MR) is 103 cm³/mol. The number of pyridine rings is 1. The highest BCUT2D eigenvalue weighted by Crippen LogP contribution is 2.24. The molecule has 1 aromatic heterocycles. The molecule has 1 aromatic carbocycles. The number of halogens is 2. The first-order valence-corrected chi connectivity index (χ1v) is 9.54. The maximum atomic E-state index is 12.4. The number of ether oxygens (including phenoxy) is 1. The maximum absolute atomic E-state index is 12.4. The SMILES string of the molecule is O=C(CCC(=O)N1CCC(Oc2ncccc2Br)C1)c1ccc(Cl)cc1. The Morgan fingerprint density at radius 3 is 2.73 bits per heavy atom. The van der Waals surface area contributed by atoms with E-state index in [9.17, 15) is 9.59 Å². The zero-order valence-electron chi connectivity index (χ0n) is 14.0. The lowest BCUT2D eigenvalue weighted by Gasteiger charge is -2.17. The number of nitrogens with zero attached hydrogens (tertiary/aromatic N) is 2. The number of Topliss-reactive ketones (excluding diaryl/α,β-unsaturated/α-hetero) is 1. The summed E-state index contributed by atoms with van der Waals surface area (Å²) < 4.78 is 6.65. The van der Waals surface area contributed by atoms with Gasteiger partial charge in [0.15, 0.2) is 5.78 Å². The Labute approximate surface area is 165 Å². The largest absolute Gasteiger partial charge is 0.472 e. The number of hydrogen-bond acceptors (Lipinski definition) is 4. The third kappa shape index (κ3) is 4.83. The summed E-state index contributed by atoms with van der Waals surface area (Å²) in [6, 6.07) is 10.4. The van der Waals surface area contributed by atoms with Crippen LogP contribution in [0.25, 0.3) is 0 Å². The van der Waals surface area contributed by atoms with Crippen molar-refractivity contribution >= 4 is 39.2 Å². The second kappa shape index (κ2) is 8.64. The number of aromatic nitrogens is 1. The molecule has 7 heteroatoms. The number of hydrogen-bond donors (Lipinski definition) is 0. The molecule has 0 bridgehead atoms. The van der Waals surface area contributed by atoms with Gasteiger partial charge >= 0.3 is 0 Å². The molecule has 0 aliphatic carbocycles. The first kappa shape index (κ1) is 18.9. The van der Waals surface area contributed by atoms with Crippen molar-refractivity contribution in [1.29, 1.82) is 0 Å². The third-order valence-corrected chi connectivity index (χ3v) is 5.09. The number of rotatable bonds is 6. The Morgan fingerprint density at radius 1 is 1.23 bits per heavy atom. The molecule has 1 atom stereocenters. The lowest BCUT2D eigenvalue weighted by Crippen LogP contribution is -2.31. The summed E-state index contributed by atoms with van der Waals surface area (Å²) >= 11 is 9.22. The zero-order chi connectivity index (χ0) is 18.5. The fourth-order valence-corrected chi connectivity index (χ4v) is 3.30. The molecule has 1 unspecified atom stereocenters. The van der Waals surface area contributed by atoms with E-state index in [0.717, 1.165) is 10.9 Å². The van der Waals surface area contributed by atoms with Gasteiger partial charge in [0.2, 0.25) is 11.8 Å². The summed E-state index contributed by atoms with van der Waals surface area (Å²) in [5.74, 6) is 0.447. The number of carbonyl (C=O) groups excluding carboxylic acids is 2. The first-order valence-electron chi connectivity index (χ1n) is 8.36. The Hall–Kier alpha value is -1.92. The highest BCUT2D eigenvalue weighted by molar-refractivity contribution is 9.10. The standard InChI is InChI=1S/C19H18BrClN2O3/c20-16-2-1-10-22-19(16)26-15-9-11-23(12-15)18(25)8-7-17(24)13-3-5-14(21)6-4-13/h1-6,10,15H,7-9,11-12H2. The van der Waals surface area contributed by atoms with Crippen LogP contribution in [0.3, 0.4) is 0 Å². The summed E-state index contributed by atoms with van der Waals surface area (Å²) in [6.45, 7) is 1.14. The number of carbonyl (C=O) groups is 2. The van der Waals surface area contributed by atoms with E-state index in [2.05, 4.69) is 20.9 Å². The maximum Gasteiger partial charge on any atom is 0.228 e. The van der Waals surface area contributed by atoms with Gasteiger partial charge in [0.05, 0.1) is 11.0 Å². The van der Waals surface area contributed by atoms with Gasteiger partial charge in [0.1, 0.15) is 6.10 Å². The lowest BCUT2D eigenvalue weighted by atomic mass is 10.1. The number of ketones is 1. The second-order valence-corrected chi connectivity index (χ2v) is 7.38. The van der Waals surface area contributed by atoms with Crippen LogP contribution in [0.15, 0.2) is 47.1 Å². The van der Waals surface area contributed by atoms with Crippen molar-refractivity contribution in [3.63, 3.8) is 0 Å². The quantitative estimate of drug-likeness (QED) is 0.637. The van der Waals surface area contributed by atoms with E-state index < -0.39 is 0 Å². The van der Waals surface area contributed by atoms with Crippen molar-refractivity contribution in [2.45, 2.75) is 25.4 Å². The summed E-state index contributed by atoms with van der Waals surface area (Å²) in [7, 11) is 0. The number of likely N-dealkylation sites (tertiary alicyclic amines) is 1. The summed E-state index contributed by atoms with van der Waals surface area (Å²) in [4.78, 5) is 30.5. The van der Waals surface area contributed by atoms with Crippen LogP contribution in [-0.2, 0) is 4.79 Å². The minimum Gasteiger partial charge on any atom is -0.472 e. The molecule has 1 fully saturated rings. The van der Waals surface area contributed by atoms with Gasteiger partial charge in [-0.1, -0.05) is 11.6 Å². The minimum atomic E-state index is -0.0860. The van der Waals surface area contributed by atoms with Crippen LogP contribution in [0.4, 0.5) is 0 Å². The molecule has 1 amide bonds. The molecule has 2 aromatic rings. The van der Waals surface area contributed by atoms with Crippen LogP contribution in [0.2, 0.25) is 5.02 Å². The van der Waals surface area contributed by atoms with Crippen molar-refractivity contribution in [2.75, 3.05) is 13.1 Å². The molecule has 1 saturated heterocycles. The monoisotopic (exact) mass is 436 g/mol. The highest BCUT2D eigenvalue weighted by atomic mass is 79.9. The van der Waals surface area contributed by atoms with Crippen molar-refractivity contribution < 1.29 is 14.3 Å². The van der Waals surface area contributed by atoms with Crippen LogP contribution >= 0.6 is 27.5 Å². The molecule has 136 valence electrons. The Bertz CT molecular complexity index is 798. The summed E-state index contributed by atoms with van der Waals surface area (Å²) in [5, 5.41) is 0.584. The van der Waals surface area contributed by atoms with E-state index in [1.54, 1.807) is 35.4 Å². The Kier molecular flexibility index (Phi) is 6.27. The molecule has 3 rings (SSSR count). The highest BCUT2D eigenvalue weighted by Gasteiger charge is 2.28. The van der Waals surface area contributed by atoms with Gasteiger partial charge in [0.25, 0.3) is 0 Å². The van der Waals surface area contributed by atoms with Crippen LogP contribution < -0.4 is 4.74 Å². The normalized spacial score (nSPS) is 16.5. The molecule has 0 N–H and O–H groups in total. The van der Waals surface area contributed by atoms with Crippen molar-refractivity contribution in [3.05, 3.63) is 57.7 Å². The molecule has 5 nitrogen and oxygen atoms in total. The summed E-state index contributed by atoms with van der Waals surface area (Å²) in [5.41, 5.74) is 0.574. The van der Waals surface area contributed by atoms with Crippen LogP contribution in [0.5, 0.6) is 5.88 Å². The Morgan fingerprint density at radius 2 is 2.00 bits per heavy atom. The van der Waals surface area contributed by atoms with Crippen molar-refractivity contribution in [2.24, 2.45) is 0 Å². The van der Waals surface area contributed by atoms with E-state index in [1.165, 1.54) is 0 Å². The van der Waals surface area contributed by atoms with Gasteiger partial charge in [-0.2, -0.15) is 0 Å². The van der Waals surface area contributed by atoms with Gasteiger partial charge in [-0.3, -0.25) is 9.59 Å². The predicted octanol–water partition coefficient (Wildman–Crippen LogP) is 4.14. The number of benzene rings is 1. The summed E-state index contributed by atoms with van der Waals surface area (Å²) in [6.07, 6.45) is 2.72. The molecular formula is C19H18BrClN2O3. The fraction of sp³-hybridized carbons (Fsp3) is 0.316. The van der Waals surface area contributed by atoms with Crippen LogP contribution in [-0.4, -0.2) is 40.8 Å². The molecule has 0 spiro atoms. The van der Waals surface area contributed by atoms with E-state index in [0.29, 0.717) is 29.6 Å². The van der Waals surface area contributed by atoms with Crippen molar-refractivity contribution in [1.82, 2.24) is 9.88 Å². The van der Waals surface area contributed by atoms with Crippen molar-refractivity contribution in [3.8, 4) is 5.88 Å². The van der Waals surface area contributed by atoms with Gasteiger partial charge < -0.3 is 9.64 Å². The molecule has 1 aliphatic rings. The minimum absolute atomic E-state index is 0.0292. The van der Waals surface area contributed by atoms with E-state index in [1.807, 2.05) is 12.1 Å². The first-order chi connectivity index (χ1) is 12.5. The van der Waals surface area contributed by atoms with Crippen LogP contribution in [0.1, 0.15) is 29.6 Å². The second-order valence-electron chi connectivity index (χ2n) is 6.09. The number of amides is 1. The smallest absolute Gasteiger partial charge is 0.228 e. The van der Waals surface area contributed by atoms with E-state index in [4.69, 9.17) is 16.3 Å².